The minimum absolute atomic E-state index is 0.0958. The van der Waals surface area contributed by atoms with Crippen LogP contribution in [-0.4, -0.2) is 32.4 Å². The molecule has 1 aliphatic heterocycles. The molecule has 0 radical (unpaired) electrons. The Morgan fingerprint density at radius 1 is 1.19 bits per heavy atom. The summed E-state index contributed by atoms with van der Waals surface area (Å²) in [5.41, 5.74) is 3.24. The summed E-state index contributed by atoms with van der Waals surface area (Å²) in [6, 6.07) is 18.1. The highest BCUT2D eigenvalue weighted by atomic mass is 32.2. The minimum atomic E-state index is -0.261. The SMILES string of the molecule is C[C@H](Sc1n[nH]c(-c2ccccc2)n1)C(=O)N1c2ccccc2C[C@H]1C. The van der Waals surface area contributed by atoms with Crippen molar-refractivity contribution in [2.24, 2.45) is 0 Å². The normalized spacial score (nSPS) is 17.2. The molecule has 0 saturated carbocycles. The number of nitrogens with one attached hydrogen (secondary N) is 1. The summed E-state index contributed by atoms with van der Waals surface area (Å²) in [4.78, 5) is 19.5. The second-order valence-corrected chi connectivity index (χ2v) is 7.79. The number of aromatic amines is 1. The Hall–Kier alpha value is -2.60. The van der Waals surface area contributed by atoms with Gasteiger partial charge in [-0.1, -0.05) is 60.3 Å². The number of rotatable bonds is 4. The van der Waals surface area contributed by atoms with E-state index in [1.807, 2.05) is 60.4 Å². The van der Waals surface area contributed by atoms with E-state index in [2.05, 4.69) is 28.2 Å². The van der Waals surface area contributed by atoms with Crippen LogP contribution in [0, 0.1) is 0 Å². The van der Waals surface area contributed by atoms with E-state index in [-0.39, 0.29) is 17.2 Å². The minimum Gasteiger partial charge on any atom is -0.308 e. The summed E-state index contributed by atoms with van der Waals surface area (Å²) in [7, 11) is 0. The lowest BCUT2D eigenvalue weighted by Gasteiger charge is -2.25. The Morgan fingerprint density at radius 3 is 2.73 bits per heavy atom. The number of anilines is 1. The van der Waals surface area contributed by atoms with Gasteiger partial charge in [-0.2, -0.15) is 0 Å². The fourth-order valence-electron chi connectivity index (χ4n) is 3.33. The van der Waals surface area contributed by atoms with Crippen LogP contribution in [0.25, 0.3) is 11.4 Å². The second kappa shape index (κ2) is 6.96. The monoisotopic (exact) mass is 364 g/mol. The molecule has 26 heavy (non-hydrogen) atoms. The van der Waals surface area contributed by atoms with Crippen LogP contribution in [-0.2, 0) is 11.2 Å². The molecule has 0 aliphatic carbocycles. The van der Waals surface area contributed by atoms with Crippen LogP contribution in [0.1, 0.15) is 19.4 Å². The van der Waals surface area contributed by atoms with Gasteiger partial charge in [-0.3, -0.25) is 9.89 Å². The topological polar surface area (TPSA) is 61.9 Å². The number of fused-ring (bicyclic) bond motifs is 1. The van der Waals surface area contributed by atoms with Gasteiger partial charge in [-0.15, -0.1) is 5.10 Å². The molecule has 5 nitrogen and oxygen atoms in total. The van der Waals surface area contributed by atoms with E-state index in [0.717, 1.165) is 17.7 Å². The van der Waals surface area contributed by atoms with Gasteiger partial charge in [0.15, 0.2) is 5.82 Å². The molecule has 132 valence electrons. The van der Waals surface area contributed by atoms with Crippen molar-refractivity contribution in [1.82, 2.24) is 15.2 Å². The number of aromatic nitrogens is 3. The zero-order chi connectivity index (χ0) is 18.1. The highest BCUT2D eigenvalue weighted by Gasteiger charge is 2.33. The lowest BCUT2D eigenvalue weighted by atomic mass is 10.1. The Bertz CT molecular complexity index is 924. The molecule has 3 aromatic rings. The molecule has 0 fully saturated rings. The van der Waals surface area contributed by atoms with Gasteiger partial charge >= 0.3 is 0 Å². The van der Waals surface area contributed by atoms with Crippen LogP contribution in [0.5, 0.6) is 0 Å². The summed E-state index contributed by atoms with van der Waals surface area (Å²) < 4.78 is 0. The van der Waals surface area contributed by atoms with Crippen LogP contribution < -0.4 is 4.90 Å². The third kappa shape index (κ3) is 3.12. The van der Waals surface area contributed by atoms with E-state index in [0.29, 0.717) is 11.0 Å². The number of carbonyl (C=O) groups excluding carboxylic acids is 1. The maximum atomic E-state index is 13.0. The highest BCUT2D eigenvalue weighted by molar-refractivity contribution is 8.00. The number of H-pyrrole nitrogens is 1. The molecule has 1 amide bonds. The van der Waals surface area contributed by atoms with E-state index in [1.54, 1.807) is 0 Å². The number of carbonyl (C=O) groups is 1. The Morgan fingerprint density at radius 2 is 1.92 bits per heavy atom. The van der Waals surface area contributed by atoms with E-state index in [4.69, 9.17) is 0 Å². The number of para-hydroxylation sites is 1. The van der Waals surface area contributed by atoms with Crippen LogP contribution in [0.15, 0.2) is 59.8 Å². The van der Waals surface area contributed by atoms with Gasteiger partial charge in [0, 0.05) is 17.3 Å². The number of benzene rings is 2. The molecule has 0 spiro atoms. The predicted octanol–water partition coefficient (Wildman–Crippen LogP) is 3.93. The third-order valence-electron chi connectivity index (χ3n) is 4.59. The molecular weight excluding hydrogens is 344 g/mol. The predicted molar refractivity (Wildman–Crippen MR) is 104 cm³/mol. The molecule has 1 aromatic heterocycles. The number of thioether (sulfide) groups is 1. The van der Waals surface area contributed by atoms with Crippen molar-refractivity contribution < 1.29 is 4.79 Å². The number of nitrogens with zero attached hydrogens (tertiary/aromatic N) is 3. The number of amides is 1. The first-order valence-corrected chi connectivity index (χ1v) is 9.57. The fraction of sp³-hybridized carbons (Fsp3) is 0.250. The largest absolute Gasteiger partial charge is 0.308 e. The van der Waals surface area contributed by atoms with Crippen LogP contribution in [0.2, 0.25) is 0 Å². The van der Waals surface area contributed by atoms with Crippen LogP contribution in [0.3, 0.4) is 0 Å². The van der Waals surface area contributed by atoms with Gasteiger partial charge in [0.2, 0.25) is 11.1 Å². The first-order valence-electron chi connectivity index (χ1n) is 8.69. The molecule has 2 atom stereocenters. The van der Waals surface area contributed by atoms with Crippen molar-refractivity contribution in [1.29, 1.82) is 0 Å². The number of hydrogen-bond acceptors (Lipinski definition) is 4. The van der Waals surface area contributed by atoms with Crippen molar-refractivity contribution in [3.8, 4) is 11.4 Å². The van der Waals surface area contributed by atoms with Gasteiger partial charge in [-0.25, -0.2) is 4.98 Å². The molecule has 0 unspecified atom stereocenters. The zero-order valence-corrected chi connectivity index (χ0v) is 15.5. The van der Waals surface area contributed by atoms with Crippen molar-refractivity contribution in [3.05, 3.63) is 60.2 Å². The maximum Gasteiger partial charge on any atom is 0.240 e. The molecular formula is C20H20N4OS. The Balaban J connectivity index is 1.50. The van der Waals surface area contributed by atoms with Crippen molar-refractivity contribution in [2.75, 3.05) is 4.90 Å². The van der Waals surface area contributed by atoms with E-state index in [1.165, 1.54) is 17.3 Å². The third-order valence-corrected chi connectivity index (χ3v) is 5.54. The van der Waals surface area contributed by atoms with Gasteiger partial charge in [0.05, 0.1) is 5.25 Å². The summed E-state index contributed by atoms with van der Waals surface area (Å²) in [5, 5.41) is 7.54. The first kappa shape index (κ1) is 16.8. The van der Waals surface area contributed by atoms with Crippen molar-refractivity contribution >= 4 is 23.4 Å². The molecule has 2 heterocycles. The van der Waals surface area contributed by atoms with Gasteiger partial charge in [0.1, 0.15) is 0 Å². The van der Waals surface area contributed by atoms with E-state index >= 15 is 0 Å². The summed E-state index contributed by atoms with van der Waals surface area (Å²) in [5.74, 6) is 0.811. The molecule has 0 bridgehead atoms. The average molecular weight is 364 g/mol. The second-order valence-electron chi connectivity index (χ2n) is 6.48. The van der Waals surface area contributed by atoms with Crippen molar-refractivity contribution in [3.63, 3.8) is 0 Å². The Labute approximate surface area is 156 Å². The van der Waals surface area contributed by atoms with E-state index < -0.39 is 0 Å². The van der Waals surface area contributed by atoms with Crippen LogP contribution >= 0.6 is 11.8 Å². The van der Waals surface area contributed by atoms with Gasteiger partial charge < -0.3 is 4.90 Å². The van der Waals surface area contributed by atoms with E-state index in [9.17, 15) is 4.79 Å². The van der Waals surface area contributed by atoms with Crippen LogP contribution in [0.4, 0.5) is 5.69 Å². The quantitative estimate of drug-likeness (QED) is 0.713. The standard InChI is InChI=1S/C20H20N4OS/c1-13-12-16-10-6-7-11-17(16)24(13)19(25)14(2)26-20-21-18(22-23-20)15-8-4-3-5-9-15/h3-11,13-14H,12H2,1-2H3,(H,21,22,23)/t13-,14+/m1/s1. The summed E-state index contributed by atoms with van der Waals surface area (Å²) in [6.07, 6.45) is 0.901. The highest BCUT2D eigenvalue weighted by Crippen LogP contribution is 2.34. The molecule has 6 heteroatoms. The average Bonchev–Trinajstić information content (AvgIpc) is 3.25. The lowest BCUT2D eigenvalue weighted by molar-refractivity contribution is -0.118. The smallest absolute Gasteiger partial charge is 0.240 e. The number of hydrogen-bond donors (Lipinski definition) is 1. The Kier molecular flexibility index (Phi) is 4.51. The maximum absolute atomic E-state index is 13.0. The van der Waals surface area contributed by atoms with Crippen molar-refractivity contribution in [2.45, 2.75) is 36.7 Å². The molecule has 1 N–H and O–H groups in total. The molecule has 1 aliphatic rings. The first-order chi connectivity index (χ1) is 12.6. The van der Waals surface area contributed by atoms with Gasteiger partial charge in [-0.05, 0) is 31.9 Å². The summed E-state index contributed by atoms with van der Waals surface area (Å²) >= 11 is 1.39. The zero-order valence-electron chi connectivity index (χ0n) is 14.7. The molecule has 0 saturated heterocycles. The fourth-order valence-corrected chi connectivity index (χ4v) is 4.10. The lowest BCUT2D eigenvalue weighted by Crippen LogP contribution is -2.40. The molecule has 2 aromatic carbocycles. The summed E-state index contributed by atoms with van der Waals surface area (Å²) in [6.45, 7) is 4.01. The molecule has 4 rings (SSSR count). The van der Waals surface area contributed by atoms with Gasteiger partial charge in [0.25, 0.3) is 0 Å².